The van der Waals surface area contributed by atoms with Gasteiger partial charge in [0.2, 0.25) is 0 Å². The first-order valence-electron chi connectivity index (χ1n) is 5.67. The molecule has 0 spiro atoms. The molecule has 0 saturated carbocycles. The zero-order valence-corrected chi connectivity index (χ0v) is 11.2. The van der Waals surface area contributed by atoms with Gasteiger partial charge in [0.05, 0.1) is 5.69 Å². The Kier molecular flexibility index (Phi) is 3.70. The molecule has 19 heavy (non-hydrogen) atoms. The second-order valence-corrected chi connectivity index (χ2v) is 5.14. The van der Waals surface area contributed by atoms with Crippen LogP contribution in [0.1, 0.15) is 21.6 Å². The molecule has 0 atom stereocenters. The maximum absolute atomic E-state index is 9.08. The van der Waals surface area contributed by atoms with E-state index in [2.05, 4.69) is 11.4 Å². The molecule has 0 bridgehead atoms. The van der Waals surface area contributed by atoms with Gasteiger partial charge in [0.25, 0.3) is 0 Å². The number of anilines is 2. The van der Waals surface area contributed by atoms with Gasteiger partial charge in [-0.15, -0.1) is 11.3 Å². The number of thiophene rings is 1. The minimum absolute atomic E-state index is 0.266. The van der Waals surface area contributed by atoms with Gasteiger partial charge in [0.1, 0.15) is 27.6 Å². The van der Waals surface area contributed by atoms with Crippen LogP contribution in [-0.4, -0.2) is 0 Å². The summed E-state index contributed by atoms with van der Waals surface area (Å²) in [6.45, 7) is 2.63. The van der Waals surface area contributed by atoms with E-state index in [0.717, 1.165) is 5.56 Å². The minimum atomic E-state index is 0.266. The number of aryl methyl sites for hydroxylation is 1. The molecule has 1 heterocycles. The van der Waals surface area contributed by atoms with Crippen LogP contribution in [0.4, 0.5) is 10.7 Å². The molecule has 5 heteroatoms. The van der Waals surface area contributed by atoms with Crippen LogP contribution in [0.15, 0.2) is 24.3 Å². The smallest absolute Gasteiger partial charge is 0.131 e. The van der Waals surface area contributed by atoms with Gasteiger partial charge in [0.15, 0.2) is 0 Å². The fourth-order valence-corrected chi connectivity index (χ4v) is 2.63. The first-order valence-corrected chi connectivity index (χ1v) is 6.49. The zero-order valence-electron chi connectivity index (χ0n) is 10.4. The van der Waals surface area contributed by atoms with Gasteiger partial charge < -0.3 is 11.1 Å². The summed E-state index contributed by atoms with van der Waals surface area (Å²) in [7, 11) is 0. The van der Waals surface area contributed by atoms with E-state index in [4.69, 9.17) is 16.3 Å². The largest absolute Gasteiger partial charge is 0.396 e. The molecule has 0 aliphatic heterocycles. The lowest BCUT2D eigenvalue weighted by molar-refractivity contribution is 1.15. The van der Waals surface area contributed by atoms with Crippen molar-refractivity contribution in [3.63, 3.8) is 0 Å². The molecule has 0 radical (unpaired) electrons. The Labute approximate surface area is 115 Å². The molecule has 0 aliphatic carbocycles. The van der Waals surface area contributed by atoms with E-state index in [-0.39, 0.29) is 5.69 Å². The Balaban J connectivity index is 2.21. The van der Waals surface area contributed by atoms with E-state index in [0.29, 0.717) is 22.0 Å². The van der Waals surface area contributed by atoms with Crippen LogP contribution in [0.3, 0.4) is 0 Å². The lowest BCUT2D eigenvalue weighted by Crippen LogP contribution is -1.99. The van der Waals surface area contributed by atoms with Crippen molar-refractivity contribution < 1.29 is 0 Å². The van der Waals surface area contributed by atoms with Crippen molar-refractivity contribution in [2.45, 2.75) is 13.5 Å². The second-order valence-electron chi connectivity index (χ2n) is 4.12. The van der Waals surface area contributed by atoms with Gasteiger partial charge in [-0.2, -0.15) is 10.5 Å². The molecule has 2 rings (SSSR count). The van der Waals surface area contributed by atoms with Crippen LogP contribution in [0.5, 0.6) is 0 Å². The van der Waals surface area contributed by atoms with Crippen molar-refractivity contribution in [2.24, 2.45) is 0 Å². The monoisotopic (exact) mass is 268 g/mol. The number of nitrogens with zero attached hydrogens (tertiary/aromatic N) is 2. The number of nitrogens with two attached hydrogens (primary N) is 1. The molecular formula is C14H12N4S. The summed E-state index contributed by atoms with van der Waals surface area (Å²) in [5.41, 5.74) is 8.67. The van der Waals surface area contributed by atoms with E-state index in [1.807, 2.05) is 37.3 Å². The highest BCUT2D eigenvalue weighted by Gasteiger charge is 2.15. The number of nitriles is 2. The zero-order chi connectivity index (χ0) is 13.8. The summed E-state index contributed by atoms with van der Waals surface area (Å²) in [5, 5.41) is 21.8. The topological polar surface area (TPSA) is 85.6 Å². The fraction of sp³-hybridized carbons (Fsp3) is 0.143. The Hall–Kier alpha value is -2.50. The predicted octanol–water partition coefficient (Wildman–Crippen LogP) is 2.99. The highest BCUT2D eigenvalue weighted by Crippen LogP contribution is 2.34. The Morgan fingerprint density at radius 2 is 2.11 bits per heavy atom. The number of benzene rings is 1. The molecule has 1 aromatic carbocycles. The summed E-state index contributed by atoms with van der Waals surface area (Å²) in [4.78, 5) is 0.378. The molecule has 3 N–H and O–H groups in total. The van der Waals surface area contributed by atoms with Crippen molar-refractivity contribution in [1.82, 2.24) is 0 Å². The normalized spacial score (nSPS) is 9.63. The Morgan fingerprint density at radius 1 is 1.32 bits per heavy atom. The molecule has 1 aromatic heterocycles. The van der Waals surface area contributed by atoms with Crippen molar-refractivity contribution in [2.75, 3.05) is 11.1 Å². The molecule has 0 unspecified atom stereocenters. The summed E-state index contributed by atoms with van der Waals surface area (Å²) >= 11 is 1.21. The number of rotatable bonds is 3. The SMILES string of the molecule is Cc1cccc(CNc2sc(C#N)c(N)c2C#N)c1. The standard InChI is InChI=1S/C14H12N4S/c1-9-3-2-4-10(5-9)8-18-14-11(6-15)13(17)12(7-16)19-14/h2-5,18H,8,17H2,1H3. The molecule has 2 aromatic rings. The van der Waals surface area contributed by atoms with Crippen LogP contribution in [-0.2, 0) is 6.54 Å². The predicted molar refractivity (Wildman–Crippen MR) is 76.7 cm³/mol. The van der Waals surface area contributed by atoms with Crippen LogP contribution in [0.25, 0.3) is 0 Å². The quantitative estimate of drug-likeness (QED) is 0.896. The summed E-state index contributed by atoms with van der Waals surface area (Å²) in [6, 6.07) is 12.1. The van der Waals surface area contributed by atoms with Gasteiger partial charge in [-0.05, 0) is 12.5 Å². The van der Waals surface area contributed by atoms with Gasteiger partial charge in [-0.3, -0.25) is 0 Å². The van der Waals surface area contributed by atoms with Gasteiger partial charge in [-0.25, -0.2) is 0 Å². The first-order chi connectivity index (χ1) is 9.15. The highest BCUT2D eigenvalue weighted by molar-refractivity contribution is 7.17. The number of hydrogen-bond donors (Lipinski definition) is 2. The van der Waals surface area contributed by atoms with Crippen LogP contribution >= 0.6 is 11.3 Å². The molecule has 0 amide bonds. The highest BCUT2D eigenvalue weighted by atomic mass is 32.1. The maximum atomic E-state index is 9.08. The van der Waals surface area contributed by atoms with E-state index in [1.165, 1.54) is 16.9 Å². The van der Waals surface area contributed by atoms with Crippen LogP contribution in [0, 0.1) is 29.6 Å². The Bertz CT molecular complexity index is 688. The summed E-state index contributed by atoms with van der Waals surface area (Å²) in [5.74, 6) is 0. The van der Waals surface area contributed by atoms with E-state index in [9.17, 15) is 0 Å². The van der Waals surface area contributed by atoms with E-state index < -0.39 is 0 Å². The molecular weight excluding hydrogens is 256 g/mol. The number of hydrogen-bond acceptors (Lipinski definition) is 5. The first kappa shape index (κ1) is 12.9. The summed E-state index contributed by atoms with van der Waals surface area (Å²) < 4.78 is 0. The van der Waals surface area contributed by atoms with E-state index >= 15 is 0 Å². The van der Waals surface area contributed by atoms with Crippen molar-refractivity contribution in [3.05, 3.63) is 45.8 Å². The van der Waals surface area contributed by atoms with Crippen LogP contribution in [0.2, 0.25) is 0 Å². The third kappa shape index (κ3) is 2.67. The van der Waals surface area contributed by atoms with Gasteiger partial charge in [0, 0.05) is 6.54 Å². The Morgan fingerprint density at radius 3 is 2.74 bits per heavy atom. The van der Waals surface area contributed by atoms with Crippen molar-refractivity contribution in [3.8, 4) is 12.1 Å². The average Bonchev–Trinajstić information content (AvgIpc) is 2.72. The van der Waals surface area contributed by atoms with E-state index in [1.54, 1.807) is 0 Å². The lowest BCUT2D eigenvalue weighted by Gasteiger charge is -2.05. The second kappa shape index (κ2) is 5.43. The third-order valence-corrected chi connectivity index (χ3v) is 3.76. The molecule has 0 saturated heterocycles. The lowest BCUT2D eigenvalue weighted by atomic mass is 10.1. The van der Waals surface area contributed by atoms with Crippen LogP contribution < -0.4 is 11.1 Å². The number of nitrogens with one attached hydrogen (secondary N) is 1. The molecule has 94 valence electrons. The number of nitrogen functional groups attached to an aromatic ring is 1. The van der Waals surface area contributed by atoms with Gasteiger partial charge >= 0.3 is 0 Å². The van der Waals surface area contributed by atoms with Gasteiger partial charge in [-0.1, -0.05) is 29.8 Å². The fourth-order valence-electron chi connectivity index (χ4n) is 1.77. The van der Waals surface area contributed by atoms with Crippen molar-refractivity contribution >= 4 is 22.0 Å². The molecule has 4 nitrogen and oxygen atoms in total. The maximum Gasteiger partial charge on any atom is 0.131 e. The molecule has 0 aliphatic rings. The third-order valence-electron chi connectivity index (χ3n) is 2.69. The minimum Gasteiger partial charge on any atom is -0.396 e. The summed E-state index contributed by atoms with van der Waals surface area (Å²) in [6.07, 6.45) is 0. The average molecular weight is 268 g/mol. The molecule has 0 fully saturated rings. The van der Waals surface area contributed by atoms with Crippen molar-refractivity contribution in [1.29, 1.82) is 10.5 Å².